The average Bonchev–Trinajstić information content (AvgIpc) is 2.38. The second kappa shape index (κ2) is 7.65. The molecule has 102 valence electrons. The predicted molar refractivity (Wildman–Crippen MR) is 78.4 cm³/mol. The minimum atomic E-state index is 0.160. The molecule has 0 aliphatic heterocycles. The van der Waals surface area contributed by atoms with Crippen molar-refractivity contribution in [3.63, 3.8) is 0 Å². The van der Waals surface area contributed by atoms with Crippen molar-refractivity contribution in [2.24, 2.45) is 5.73 Å². The molecule has 3 heteroatoms. The van der Waals surface area contributed by atoms with E-state index in [2.05, 4.69) is 20.8 Å². The molecule has 0 heterocycles. The van der Waals surface area contributed by atoms with Gasteiger partial charge in [0, 0.05) is 11.1 Å². The van der Waals surface area contributed by atoms with Gasteiger partial charge < -0.3 is 10.5 Å². The second-order valence-corrected chi connectivity index (χ2v) is 5.12. The summed E-state index contributed by atoms with van der Waals surface area (Å²) in [5.41, 5.74) is 7.14. The summed E-state index contributed by atoms with van der Waals surface area (Å²) < 4.78 is 6.03. The van der Waals surface area contributed by atoms with Crippen LogP contribution in [0.1, 0.15) is 45.6 Å². The Bertz CT molecular complexity index is 364. The molecule has 18 heavy (non-hydrogen) atoms. The lowest BCUT2D eigenvalue weighted by Gasteiger charge is -2.20. The summed E-state index contributed by atoms with van der Waals surface area (Å²) in [6.45, 7) is 6.37. The van der Waals surface area contributed by atoms with Gasteiger partial charge in [-0.25, -0.2) is 0 Å². The SMILES string of the molecule is CCC(N)Cc1cc(Cl)ccc1OC(CC)CC. The molecular formula is C15H24ClNO. The van der Waals surface area contributed by atoms with E-state index in [1.807, 2.05) is 18.2 Å². The first-order chi connectivity index (χ1) is 8.60. The van der Waals surface area contributed by atoms with E-state index < -0.39 is 0 Å². The van der Waals surface area contributed by atoms with Gasteiger partial charge in [-0.1, -0.05) is 32.4 Å². The molecule has 0 aliphatic carbocycles. The van der Waals surface area contributed by atoms with E-state index in [-0.39, 0.29) is 12.1 Å². The molecule has 0 radical (unpaired) electrons. The van der Waals surface area contributed by atoms with E-state index in [4.69, 9.17) is 22.1 Å². The maximum absolute atomic E-state index is 6.05. The third-order valence-corrected chi connectivity index (χ3v) is 3.47. The van der Waals surface area contributed by atoms with E-state index in [0.29, 0.717) is 0 Å². The van der Waals surface area contributed by atoms with Crippen LogP contribution in [-0.4, -0.2) is 12.1 Å². The highest BCUT2D eigenvalue weighted by atomic mass is 35.5. The molecule has 0 aromatic heterocycles. The molecule has 1 atom stereocenters. The quantitative estimate of drug-likeness (QED) is 0.806. The van der Waals surface area contributed by atoms with Gasteiger partial charge in [0.1, 0.15) is 5.75 Å². The summed E-state index contributed by atoms with van der Waals surface area (Å²) in [6.07, 6.45) is 4.06. The molecule has 0 saturated carbocycles. The zero-order chi connectivity index (χ0) is 13.5. The first-order valence-electron chi connectivity index (χ1n) is 6.81. The van der Waals surface area contributed by atoms with Crippen LogP contribution in [-0.2, 0) is 6.42 Å². The highest BCUT2D eigenvalue weighted by Gasteiger charge is 2.12. The van der Waals surface area contributed by atoms with Gasteiger partial charge in [0.25, 0.3) is 0 Å². The van der Waals surface area contributed by atoms with Crippen molar-refractivity contribution in [1.29, 1.82) is 0 Å². The van der Waals surface area contributed by atoms with E-state index in [9.17, 15) is 0 Å². The zero-order valence-electron chi connectivity index (χ0n) is 11.6. The molecule has 0 amide bonds. The number of nitrogens with two attached hydrogens (primary N) is 1. The molecule has 0 spiro atoms. The van der Waals surface area contributed by atoms with Crippen molar-refractivity contribution in [1.82, 2.24) is 0 Å². The summed E-state index contributed by atoms with van der Waals surface area (Å²) in [5.74, 6) is 0.928. The Morgan fingerprint density at radius 3 is 2.39 bits per heavy atom. The summed E-state index contributed by atoms with van der Waals surface area (Å²) >= 11 is 6.05. The molecule has 1 rings (SSSR count). The van der Waals surface area contributed by atoms with Gasteiger partial charge in [-0.2, -0.15) is 0 Å². The monoisotopic (exact) mass is 269 g/mol. The number of hydrogen-bond acceptors (Lipinski definition) is 2. The van der Waals surface area contributed by atoms with Crippen LogP contribution in [0.4, 0.5) is 0 Å². The Balaban J connectivity index is 2.88. The maximum atomic E-state index is 6.05. The minimum Gasteiger partial charge on any atom is -0.490 e. The highest BCUT2D eigenvalue weighted by Crippen LogP contribution is 2.26. The van der Waals surface area contributed by atoms with Crippen LogP contribution < -0.4 is 10.5 Å². The van der Waals surface area contributed by atoms with Gasteiger partial charge in [0.15, 0.2) is 0 Å². The first-order valence-corrected chi connectivity index (χ1v) is 7.19. The van der Waals surface area contributed by atoms with Crippen molar-refractivity contribution in [2.45, 2.75) is 58.6 Å². The molecule has 0 saturated heterocycles. The highest BCUT2D eigenvalue weighted by molar-refractivity contribution is 6.30. The van der Waals surface area contributed by atoms with E-state index in [1.54, 1.807) is 0 Å². The number of halogens is 1. The topological polar surface area (TPSA) is 35.2 Å². The Kier molecular flexibility index (Phi) is 6.51. The van der Waals surface area contributed by atoms with Crippen LogP contribution >= 0.6 is 11.6 Å². The number of benzene rings is 1. The summed E-state index contributed by atoms with van der Waals surface area (Å²) in [5, 5.41) is 0.741. The largest absolute Gasteiger partial charge is 0.490 e. The van der Waals surface area contributed by atoms with Gasteiger partial charge in [0.05, 0.1) is 6.10 Å². The molecular weight excluding hydrogens is 246 g/mol. The molecule has 1 aromatic rings. The van der Waals surface area contributed by atoms with E-state index in [1.165, 1.54) is 0 Å². The Labute approximate surface area is 115 Å². The lowest BCUT2D eigenvalue weighted by atomic mass is 10.0. The third kappa shape index (κ3) is 4.51. The van der Waals surface area contributed by atoms with Crippen molar-refractivity contribution >= 4 is 11.6 Å². The smallest absolute Gasteiger partial charge is 0.123 e. The number of hydrogen-bond donors (Lipinski definition) is 1. The standard InChI is InChI=1S/C15H24ClNO/c1-4-13(17)10-11-9-12(16)7-8-15(11)18-14(5-2)6-3/h7-9,13-14H,4-6,10,17H2,1-3H3. The second-order valence-electron chi connectivity index (χ2n) is 4.68. The fourth-order valence-corrected chi connectivity index (χ4v) is 2.08. The van der Waals surface area contributed by atoms with E-state index >= 15 is 0 Å². The first kappa shape index (κ1) is 15.3. The van der Waals surface area contributed by atoms with Crippen molar-refractivity contribution < 1.29 is 4.74 Å². The molecule has 1 aromatic carbocycles. The molecule has 0 fully saturated rings. The van der Waals surface area contributed by atoms with Crippen LogP contribution in [0.2, 0.25) is 5.02 Å². The minimum absolute atomic E-state index is 0.160. The molecule has 0 bridgehead atoms. The van der Waals surface area contributed by atoms with E-state index in [0.717, 1.165) is 42.0 Å². The van der Waals surface area contributed by atoms with Crippen LogP contribution in [0.5, 0.6) is 5.75 Å². The summed E-state index contributed by atoms with van der Waals surface area (Å²) in [6, 6.07) is 5.96. The van der Waals surface area contributed by atoms with Crippen LogP contribution in [0, 0.1) is 0 Å². The molecule has 1 unspecified atom stereocenters. The van der Waals surface area contributed by atoms with Crippen molar-refractivity contribution in [3.8, 4) is 5.75 Å². The third-order valence-electron chi connectivity index (χ3n) is 3.23. The van der Waals surface area contributed by atoms with Crippen molar-refractivity contribution in [2.75, 3.05) is 0 Å². The fraction of sp³-hybridized carbons (Fsp3) is 0.600. The maximum Gasteiger partial charge on any atom is 0.123 e. The lowest BCUT2D eigenvalue weighted by Crippen LogP contribution is -2.22. The average molecular weight is 270 g/mol. The van der Waals surface area contributed by atoms with Crippen LogP contribution in [0.15, 0.2) is 18.2 Å². The normalized spacial score (nSPS) is 12.8. The molecule has 0 aliphatic rings. The number of ether oxygens (including phenoxy) is 1. The Morgan fingerprint density at radius 2 is 1.83 bits per heavy atom. The summed E-state index contributed by atoms with van der Waals surface area (Å²) in [4.78, 5) is 0. The van der Waals surface area contributed by atoms with Crippen molar-refractivity contribution in [3.05, 3.63) is 28.8 Å². The Morgan fingerprint density at radius 1 is 1.17 bits per heavy atom. The van der Waals surface area contributed by atoms with Crippen LogP contribution in [0.25, 0.3) is 0 Å². The van der Waals surface area contributed by atoms with Gasteiger partial charge in [-0.05, 0) is 49.4 Å². The van der Waals surface area contributed by atoms with Crippen LogP contribution in [0.3, 0.4) is 0 Å². The molecule has 2 N–H and O–H groups in total. The fourth-order valence-electron chi connectivity index (χ4n) is 1.88. The van der Waals surface area contributed by atoms with Gasteiger partial charge >= 0.3 is 0 Å². The van der Waals surface area contributed by atoms with Gasteiger partial charge in [-0.15, -0.1) is 0 Å². The Hall–Kier alpha value is -0.730. The van der Waals surface area contributed by atoms with Gasteiger partial charge in [-0.3, -0.25) is 0 Å². The zero-order valence-corrected chi connectivity index (χ0v) is 12.3. The lowest BCUT2D eigenvalue weighted by molar-refractivity contribution is 0.190. The predicted octanol–water partition coefficient (Wildman–Crippen LogP) is 4.19. The molecule has 2 nitrogen and oxygen atoms in total. The summed E-state index contributed by atoms with van der Waals surface area (Å²) in [7, 11) is 0. The van der Waals surface area contributed by atoms with Gasteiger partial charge in [0.2, 0.25) is 0 Å². The number of rotatable bonds is 7.